The molecule has 34 heavy (non-hydrogen) atoms. The van der Waals surface area contributed by atoms with Gasteiger partial charge >= 0.3 is 0 Å². The highest BCUT2D eigenvalue weighted by Gasteiger charge is 2.14. The second-order valence-electron chi connectivity index (χ2n) is 7.38. The molecule has 0 N–H and O–H groups in total. The van der Waals surface area contributed by atoms with E-state index in [-0.39, 0.29) is 11.2 Å². The third-order valence-electron chi connectivity index (χ3n) is 5.26. The lowest BCUT2D eigenvalue weighted by Gasteiger charge is -2.14. The number of aromatic nitrogens is 3. The molecule has 0 spiro atoms. The van der Waals surface area contributed by atoms with Gasteiger partial charge in [-0.1, -0.05) is 30.0 Å². The molecule has 0 fully saturated rings. The molecule has 0 saturated heterocycles. The smallest absolute Gasteiger partial charge is 0.269 e. The minimum atomic E-state index is -0.425. The zero-order chi connectivity index (χ0) is 24.1. The Bertz CT molecular complexity index is 1410. The van der Waals surface area contributed by atoms with Crippen LogP contribution in [-0.4, -0.2) is 33.7 Å². The molecule has 2 aromatic heterocycles. The van der Waals surface area contributed by atoms with Crippen molar-refractivity contribution in [3.05, 3.63) is 92.4 Å². The van der Waals surface area contributed by atoms with E-state index >= 15 is 0 Å². The maximum absolute atomic E-state index is 13.3. The van der Waals surface area contributed by atoms with Crippen molar-refractivity contribution in [2.75, 3.05) is 14.2 Å². The van der Waals surface area contributed by atoms with Crippen LogP contribution >= 0.6 is 11.8 Å². The molecule has 0 unspecified atom stereocenters. The number of nitro groups is 1. The van der Waals surface area contributed by atoms with Gasteiger partial charge in [-0.25, -0.2) is 9.97 Å². The van der Waals surface area contributed by atoms with Crippen LogP contribution in [-0.2, 0) is 18.7 Å². The molecule has 4 aromatic rings. The van der Waals surface area contributed by atoms with Gasteiger partial charge in [-0.2, -0.15) is 0 Å². The zero-order valence-electron chi connectivity index (χ0n) is 18.6. The number of ether oxygens (including phenoxy) is 2. The maximum Gasteiger partial charge on any atom is 0.269 e. The molecule has 0 amide bonds. The summed E-state index contributed by atoms with van der Waals surface area (Å²) in [5.74, 6) is 1.67. The molecular formula is C24H22N4O5S. The van der Waals surface area contributed by atoms with Crippen LogP contribution in [0.5, 0.6) is 11.5 Å². The summed E-state index contributed by atoms with van der Waals surface area (Å²) in [6, 6.07) is 15.5. The zero-order valence-corrected chi connectivity index (χ0v) is 19.4. The number of hydrogen-bond acceptors (Lipinski definition) is 8. The first-order valence-corrected chi connectivity index (χ1v) is 11.4. The third kappa shape index (κ3) is 5.01. The Morgan fingerprint density at radius 1 is 1.03 bits per heavy atom. The number of pyridine rings is 1. The molecule has 2 heterocycles. The monoisotopic (exact) mass is 478 g/mol. The van der Waals surface area contributed by atoms with E-state index in [2.05, 4.69) is 9.97 Å². The molecule has 9 nitrogen and oxygen atoms in total. The van der Waals surface area contributed by atoms with E-state index in [0.717, 1.165) is 11.1 Å². The summed E-state index contributed by atoms with van der Waals surface area (Å²) >= 11 is 1.34. The molecule has 10 heteroatoms. The van der Waals surface area contributed by atoms with Crippen molar-refractivity contribution in [3.8, 4) is 11.5 Å². The highest BCUT2D eigenvalue weighted by Crippen LogP contribution is 2.28. The Balaban J connectivity index is 1.64. The van der Waals surface area contributed by atoms with Gasteiger partial charge in [-0.3, -0.25) is 19.5 Å². The Morgan fingerprint density at radius 2 is 1.85 bits per heavy atom. The first-order valence-electron chi connectivity index (χ1n) is 10.4. The second-order valence-corrected chi connectivity index (χ2v) is 8.32. The number of hydrogen-bond donors (Lipinski definition) is 0. The number of methoxy groups -OCH3 is 2. The van der Waals surface area contributed by atoms with Gasteiger partial charge in [0.2, 0.25) is 0 Å². The van der Waals surface area contributed by atoms with E-state index in [1.165, 1.54) is 23.9 Å². The fourth-order valence-corrected chi connectivity index (χ4v) is 4.48. The molecule has 4 rings (SSSR count). The quantitative estimate of drug-likeness (QED) is 0.152. The van der Waals surface area contributed by atoms with Crippen molar-refractivity contribution in [3.63, 3.8) is 0 Å². The number of thioether (sulfide) groups is 1. The van der Waals surface area contributed by atoms with Crippen molar-refractivity contribution in [1.82, 2.24) is 14.5 Å². The van der Waals surface area contributed by atoms with Gasteiger partial charge in [0.1, 0.15) is 0 Å². The van der Waals surface area contributed by atoms with E-state index in [1.54, 1.807) is 43.2 Å². The second kappa shape index (κ2) is 10.3. The van der Waals surface area contributed by atoms with Crippen molar-refractivity contribution in [2.45, 2.75) is 23.9 Å². The normalized spacial score (nSPS) is 10.9. The molecule has 0 atom stereocenters. The lowest BCUT2D eigenvalue weighted by Crippen LogP contribution is -2.24. The van der Waals surface area contributed by atoms with Crippen LogP contribution in [0.1, 0.15) is 11.1 Å². The number of non-ortho nitro benzene ring substituents is 1. The van der Waals surface area contributed by atoms with Crippen LogP contribution in [0.2, 0.25) is 0 Å². The number of nitrogens with zero attached hydrogens (tertiary/aromatic N) is 4. The highest BCUT2D eigenvalue weighted by molar-refractivity contribution is 7.98. The molecule has 0 aliphatic rings. The van der Waals surface area contributed by atoms with E-state index in [0.29, 0.717) is 46.4 Å². The van der Waals surface area contributed by atoms with Crippen molar-refractivity contribution in [1.29, 1.82) is 0 Å². The largest absolute Gasteiger partial charge is 0.493 e. The minimum absolute atomic E-state index is 0.0251. The van der Waals surface area contributed by atoms with E-state index < -0.39 is 4.92 Å². The minimum Gasteiger partial charge on any atom is -0.493 e. The summed E-state index contributed by atoms with van der Waals surface area (Å²) in [4.78, 5) is 32.8. The lowest BCUT2D eigenvalue weighted by atomic mass is 10.1. The summed E-state index contributed by atoms with van der Waals surface area (Å²) in [7, 11) is 3.16. The first-order chi connectivity index (χ1) is 16.5. The van der Waals surface area contributed by atoms with Crippen molar-refractivity contribution < 1.29 is 14.4 Å². The predicted octanol–water partition coefficient (Wildman–Crippen LogP) is 4.25. The Morgan fingerprint density at radius 3 is 2.62 bits per heavy atom. The first kappa shape index (κ1) is 23.2. The summed E-state index contributed by atoms with van der Waals surface area (Å²) in [6.45, 7) is 0.392. The molecule has 0 saturated carbocycles. The van der Waals surface area contributed by atoms with Gasteiger partial charge in [0.05, 0.1) is 24.5 Å². The number of benzene rings is 2. The molecule has 0 aliphatic heterocycles. The van der Waals surface area contributed by atoms with Gasteiger partial charge in [0.15, 0.2) is 22.3 Å². The third-order valence-corrected chi connectivity index (χ3v) is 6.30. The Hall–Kier alpha value is -3.92. The summed E-state index contributed by atoms with van der Waals surface area (Å²) in [5.41, 5.74) is 1.96. The van der Waals surface area contributed by atoms with Gasteiger partial charge in [-0.15, -0.1) is 0 Å². The average Bonchev–Trinajstić information content (AvgIpc) is 2.87. The highest BCUT2D eigenvalue weighted by atomic mass is 32.2. The Kier molecular flexibility index (Phi) is 7.07. The molecule has 2 aromatic carbocycles. The molecule has 0 bridgehead atoms. The fraction of sp³-hybridized carbons (Fsp3) is 0.208. The average molecular weight is 479 g/mol. The number of nitro benzene ring substituents is 1. The van der Waals surface area contributed by atoms with Crippen LogP contribution in [0.15, 0.2) is 70.7 Å². The molecule has 0 radical (unpaired) electrons. The number of aryl methyl sites for hydroxylation is 1. The van der Waals surface area contributed by atoms with Gasteiger partial charge < -0.3 is 9.47 Å². The topological polar surface area (TPSA) is 109 Å². The number of fused-ring (bicyclic) bond motifs is 1. The lowest BCUT2D eigenvalue weighted by molar-refractivity contribution is -0.384. The van der Waals surface area contributed by atoms with Crippen LogP contribution in [0, 0.1) is 10.1 Å². The van der Waals surface area contributed by atoms with Crippen LogP contribution in [0.25, 0.3) is 11.0 Å². The van der Waals surface area contributed by atoms with E-state index in [1.807, 2.05) is 24.3 Å². The van der Waals surface area contributed by atoms with Gasteiger partial charge in [0, 0.05) is 30.6 Å². The predicted molar refractivity (Wildman–Crippen MR) is 130 cm³/mol. The molecular weight excluding hydrogens is 456 g/mol. The summed E-state index contributed by atoms with van der Waals surface area (Å²) in [5, 5.41) is 12.0. The molecule has 0 aliphatic carbocycles. The van der Waals surface area contributed by atoms with E-state index in [4.69, 9.17) is 9.47 Å². The molecule has 174 valence electrons. The SMILES string of the molecule is COc1ccc(CCn2c(SCc3cccc([N+](=O)[O-])c3)nc3ncccc3c2=O)cc1OC. The fourth-order valence-electron chi connectivity index (χ4n) is 3.53. The van der Waals surface area contributed by atoms with Crippen molar-refractivity contribution >= 4 is 28.5 Å². The van der Waals surface area contributed by atoms with Gasteiger partial charge in [0.25, 0.3) is 11.2 Å². The van der Waals surface area contributed by atoms with Crippen LogP contribution < -0.4 is 15.0 Å². The van der Waals surface area contributed by atoms with E-state index in [9.17, 15) is 14.9 Å². The standard InChI is InChI=1S/C24H22N4O5S/c1-32-20-9-8-16(14-21(20)33-2)10-12-27-23(29)19-7-4-11-25-22(19)26-24(27)34-15-17-5-3-6-18(13-17)28(30)31/h3-9,11,13-14H,10,12,15H2,1-2H3. The van der Waals surface area contributed by atoms with Gasteiger partial charge in [-0.05, 0) is 41.8 Å². The summed E-state index contributed by atoms with van der Waals surface area (Å²) < 4.78 is 12.3. The van der Waals surface area contributed by atoms with Crippen LogP contribution in [0.3, 0.4) is 0 Å². The number of rotatable bonds is 9. The summed E-state index contributed by atoms with van der Waals surface area (Å²) in [6.07, 6.45) is 2.16. The maximum atomic E-state index is 13.3. The van der Waals surface area contributed by atoms with Crippen LogP contribution in [0.4, 0.5) is 5.69 Å². The van der Waals surface area contributed by atoms with Crippen molar-refractivity contribution in [2.24, 2.45) is 0 Å². The Labute approximate surface area is 199 Å².